The summed E-state index contributed by atoms with van der Waals surface area (Å²) < 4.78 is 6.65. The number of amides is 1. The molecule has 152 valence electrons. The summed E-state index contributed by atoms with van der Waals surface area (Å²) in [7, 11) is 3.80. The molecule has 0 spiro atoms. The highest BCUT2D eigenvalue weighted by Gasteiger charge is 2.25. The van der Waals surface area contributed by atoms with E-state index < -0.39 is 5.91 Å². The fourth-order valence-electron chi connectivity index (χ4n) is 2.35. The minimum atomic E-state index is -0.572. The molecule has 2 aromatic heterocycles. The molecule has 1 amide bonds. The van der Waals surface area contributed by atoms with Gasteiger partial charge in [0, 0.05) is 8.95 Å². The first-order valence-corrected chi connectivity index (χ1v) is 9.68. The Balaban J connectivity index is 1.84. The maximum Gasteiger partial charge on any atom is 0.294 e. The average Bonchev–Trinajstić information content (AvgIpc) is 3.24. The van der Waals surface area contributed by atoms with Crippen LogP contribution in [0.5, 0.6) is 5.75 Å². The molecule has 0 bridgehead atoms. The van der Waals surface area contributed by atoms with Crippen molar-refractivity contribution >= 4 is 49.8 Å². The van der Waals surface area contributed by atoms with Gasteiger partial charge in [0.05, 0.1) is 20.3 Å². The fourth-order valence-corrected chi connectivity index (χ4v) is 3.57. The number of nitrogens with zero attached hydrogens (tertiary/aromatic N) is 6. The molecule has 0 saturated carbocycles. The van der Waals surface area contributed by atoms with Crippen LogP contribution in [-0.4, -0.2) is 51.5 Å². The van der Waals surface area contributed by atoms with Gasteiger partial charge >= 0.3 is 0 Å². The Morgan fingerprint density at radius 2 is 2.07 bits per heavy atom. The molecule has 0 aliphatic rings. The summed E-state index contributed by atoms with van der Waals surface area (Å²) >= 11 is 6.34. The first-order chi connectivity index (χ1) is 13.8. The summed E-state index contributed by atoms with van der Waals surface area (Å²) in [5.41, 5.74) is 9.24. The predicted molar refractivity (Wildman–Crippen MR) is 106 cm³/mol. The number of benzene rings is 1. The van der Waals surface area contributed by atoms with E-state index in [1.807, 2.05) is 14.1 Å². The summed E-state index contributed by atoms with van der Waals surface area (Å²) in [4.78, 5) is 13.6. The number of nitrogen functional groups attached to an aromatic ring is 1. The Bertz CT molecular complexity index is 1050. The average molecular weight is 529 g/mol. The number of hydrogen-bond acceptors (Lipinski definition) is 9. The maximum absolute atomic E-state index is 12.6. The van der Waals surface area contributed by atoms with E-state index in [9.17, 15) is 9.90 Å². The number of rotatable bonds is 6. The van der Waals surface area contributed by atoms with Crippen molar-refractivity contribution in [3.05, 3.63) is 38.0 Å². The largest absolute Gasteiger partial charge is 0.871 e. The molecule has 3 rings (SSSR count). The molecule has 12 nitrogen and oxygen atoms in total. The number of aromatic nitrogens is 5. The van der Waals surface area contributed by atoms with E-state index >= 15 is 0 Å². The van der Waals surface area contributed by atoms with Crippen LogP contribution < -0.4 is 21.2 Å². The van der Waals surface area contributed by atoms with Gasteiger partial charge in [0.15, 0.2) is 5.69 Å². The number of halogens is 2. The second kappa shape index (κ2) is 8.67. The lowest BCUT2D eigenvalue weighted by molar-refractivity contribution is -0.873. The number of hydrazone groups is 1. The Kier molecular flexibility index (Phi) is 6.24. The third-order valence-electron chi connectivity index (χ3n) is 3.60. The van der Waals surface area contributed by atoms with E-state index in [-0.39, 0.29) is 23.1 Å². The molecular formula is C15H15Br2N9O3. The molecular weight excluding hydrogens is 514 g/mol. The molecule has 4 N–H and O–H groups in total. The van der Waals surface area contributed by atoms with Crippen LogP contribution in [0, 0.1) is 0 Å². The van der Waals surface area contributed by atoms with Crippen molar-refractivity contribution in [2.24, 2.45) is 5.10 Å². The maximum atomic E-state index is 12.6. The third kappa shape index (κ3) is 4.60. The van der Waals surface area contributed by atoms with Gasteiger partial charge in [0.25, 0.3) is 5.91 Å². The number of carbonyl (C=O) groups is 1. The van der Waals surface area contributed by atoms with Crippen LogP contribution in [0.3, 0.4) is 0 Å². The Hall–Kier alpha value is -2.84. The summed E-state index contributed by atoms with van der Waals surface area (Å²) in [5, 5.41) is 30.7. The van der Waals surface area contributed by atoms with Gasteiger partial charge in [-0.1, -0.05) is 42.8 Å². The highest BCUT2D eigenvalue weighted by Crippen LogP contribution is 2.30. The van der Waals surface area contributed by atoms with E-state index in [4.69, 9.17) is 5.73 Å². The topological polar surface area (TPSA) is 165 Å². The lowest BCUT2D eigenvalue weighted by Gasteiger charge is -2.11. The van der Waals surface area contributed by atoms with Gasteiger partial charge in [-0.25, -0.2) is 10.1 Å². The van der Waals surface area contributed by atoms with Gasteiger partial charge in [0.2, 0.25) is 11.6 Å². The molecule has 29 heavy (non-hydrogen) atoms. The van der Waals surface area contributed by atoms with Crippen molar-refractivity contribution in [2.75, 3.05) is 19.8 Å². The van der Waals surface area contributed by atoms with Crippen molar-refractivity contribution in [1.82, 2.24) is 30.7 Å². The van der Waals surface area contributed by atoms with E-state index in [0.717, 1.165) is 4.90 Å². The second-order valence-corrected chi connectivity index (χ2v) is 7.87. The quantitative estimate of drug-likeness (QED) is 0.277. The van der Waals surface area contributed by atoms with Gasteiger partial charge in [0.1, 0.15) is 12.2 Å². The highest BCUT2D eigenvalue weighted by atomic mass is 79.9. The van der Waals surface area contributed by atoms with Crippen LogP contribution in [0.15, 0.2) is 30.8 Å². The first kappa shape index (κ1) is 20.9. The second-order valence-electron chi connectivity index (χ2n) is 6.17. The number of quaternary nitrogens is 1. The van der Waals surface area contributed by atoms with Crippen molar-refractivity contribution in [2.45, 2.75) is 6.54 Å². The monoisotopic (exact) mass is 527 g/mol. The molecule has 0 unspecified atom stereocenters. The lowest BCUT2D eigenvalue weighted by atomic mass is 10.2. The fraction of sp³-hybridized carbons (Fsp3) is 0.200. The first-order valence-electron chi connectivity index (χ1n) is 8.09. The van der Waals surface area contributed by atoms with Crippen molar-refractivity contribution < 1.29 is 19.4 Å². The molecule has 3 aromatic rings. The number of nitrogens with one attached hydrogen (secondary N) is 2. The number of hydrogen-bond donors (Lipinski definition) is 3. The SMILES string of the molecule is C[NH+](C)Cc1c(C(=O)NN=Cc2cc(Br)c([O-])c(Br)c2)nnn1-c1nonc1N. The number of carbonyl (C=O) groups excluding carboxylic acids is 1. The molecule has 0 fully saturated rings. The van der Waals surface area contributed by atoms with Crippen LogP contribution >= 0.6 is 31.9 Å². The third-order valence-corrected chi connectivity index (χ3v) is 4.77. The number of anilines is 1. The Morgan fingerprint density at radius 1 is 1.38 bits per heavy atom. The van der Waals surface area contributed by atoms with Crippen LogP contribution in [0.2, 0.25) is 0 Å². The van der Waals surface area contributed by atoms with E-state index in [1.165, 1.54) is 10.9 Å². The summed E-state index contributed by atoms with van der Waals surface area (Å²) in [6.07, 6.45) is 1.40. The molecule has 1 aromatic carbocycles. The predicted octanol–water partition coefficient (Wildman–Crippen LogP) is -0.760. The Labute approximate surface area is 181 Å². The Morgan fingerprint density at radius 3 is 2.66 bits per heavy atom. The molecule has 0 aliphatic heterocycles. The summed E-state index contributed by atoms with van der Waals surface area (Å²) in [5.74, 6) is -0.589. The summed E-state index contributed by atoms with van der Waals surface area (Å²) in [6.45, 7) is 0.399. The van der Waals surface area contributed by atoms with Crippen molar-refractivity contribution in [1.29, 1.82) is 0 Å². The minimum absolute atomic E-state index is 0.0212. The van der Waals surface area contributed by atoms with E-state index in [2.05, 4.69) is 67.6 Å². The van der Waals surface area contributed by atoms with Gasteiger partial charge in [-0.15, -0.1) is 5.10 Å². The minimum Gasteiger partial charge on any atom is -0.871 e. The zero-order valence-corrected chi connectivity index (χ0v) is 18.4. The lowest BCUT2D eigenvalue weighted by Crippen LogP contribution is -3.04. The van der Waals surface area contributed by atoms with Crippen molar-refractivity contribution in [3.63, 3.8) is 0 Å². The normalized spacial score (nSPS) is 11.5. The zero-order chi connectivity index (χ0) is 21.1. The summed E-state index contributed by atoms with van der Waals surface area (Å²) in [6, 6.07) is 3.17. The molecule has 0 saturated heterocycles. The van der Waals surface area contributed by atoms with Gasteiger partial charge in [-0.3, -0.25) is 4.79 Å². The number of nitrogens with two attached hydrogens (primary N) is 1. The van der Waals surface area contributed by atoms with Crippen LogP contribution in [0.25, 0.3) is 5.82 Å². The van der Waals surface area contributed by atoms with Crippen LogP contribution in [-0.2, 0) is 6.54 Å². The van der Waals surface area contributed by atoms with Crippen molar-refractivity contribution in [3.8, 4) is 11.6 Å². The molecule has 0 atom stereocenters. The smallest absolute Gasteiger partial charge is 0.294 e. The van der Waals surface area contributed by atoms with Crippen LogP contribution in [0.1, 0.15) is 21.7 Å². The van der Waals surface area contributed by atoms with Gasteiger partial charge in [-0.2, -0.15) is 9.78 Å². The molecule has 14 heteroatoms. The van der Waals surface area contributed by atoms with Gasteiger partial charge < -0.3 is 15.7 Å². The molecule has 0 aliphatic carbocycles. The zero-order valence-electron chi connectivity index (χ0n) is 15.2. The molecule has 0 radical (unpaired) electrons. The highest BCUT2D eigenvalue weighted by molar-refractivity contribution is 9.11. The van der Waals surface area contributed by atoms with Gasteiger partial charge in [-0.05, 0) is 28.0 Å². The van der Waals surface area contributed by atoms with Crippen LogP contribution in [0.4, 0.5) is 5.82 Å². The molecule has 2 heterocycles. The van der Waals surface area contributed by atoms with E-state index in [0.29, 0.717) is 26.7 Å². The van der Waals surface area contributed by atoms with E-state index in [1.54, 1.807) is 12.1 Å². The standard InChI is InChI=1S/C15H15Br2N9O3/c1-25(2)6-10-11(20-24-26(10)14-13(18)22-29-23-14)15(28)21-19-5-7-3-8(16)12(27)9(17)4-7/h3-5,27H,6H2,1-2H3,(H2,18,22)(H,21,28).